The van der Waals surface area contributed by atoms with E-state index in [1.807, 2.05) is 29.2 Å². The summed E-state index contributed by atoms with van der Waals surface area (Å²) in [6.07, 6.45) is 5.27. The molecule has 3 rings (SSSR count). The van der Waals surface area contributed by atoms with Crippen molar-refractivity contribution < 1.29 is 17.1 Å². The van der Waals surface area contributed by atoms with Crippen molar-refractivity contribution in [3.8, 4) is 5.75 Å². The van der Waals surface area contributed by atoms with Gasteiger partial charge in [-0.3, -0.25) is 4.90 Å². The third-order valence-electron chi connectivity index (χ3n) is 4.18. The lowest BCUT2D eigenvalue weighted by atomic mass is 9.87. The van der Waals surface area contributed by atoms with Gasteiger partial charge in [-0.25, -0.2) is 4.99 Å². The highest BCUT2D eigenvalue weighted by Crippen LogP contribution is 2.42. The smallest absolute Gasteiger partial charge is 0.220 e. The number of hydrogen-bond donors (Lipinski definition) is 2. The lowest BCUT2D eigenvalue weighted by Gasteiger charge is -2.45. The van der Waals surface area contributed by atoms with Crippen LogP contribution in [0, 0.1) is 0 Å². The number of methoxy groups -OCH3 is 1. The Morgan fingerprint density at radius 3 is 2.50 bits per heavy atom. The van der Waals surface area contributed by atoms with Crippen molar-refractivity contribution in [2.24, 2.45) is 21.5 Å². The SMILES string of the molecule is COc1ccccc1N1C(N)=NC(N)=NC12CCCCC2.[Cl-]. The zero-order valence-corrected chi connectivity index (χ0v) is 13.4. The highest BCUT2D eigenvalue weighted by molar-refractivity contribution is 6.06. The Morgan fingerprint density at radius 1 is 1.14 bits per heavy atom. The molecule has 1 heterocycles. The van der Waals surface area contributed by atoms with Crippen LogP contribution in [0.2, 0.25) is 0 Å². The van der Waals surface area contributed by atoms with E-state index in [0.717, 1.165) is 37.1 Å². The van der Waals surface area contributed by atoms with Crippen molar-refractivity contribution in [3.63, 3.8) is 0 Å². The van der Waals surface area contributed by atoms with Crippen LogP contribution in [-0.4, -0.2) is 24.7 Å². The molecular formula is C15H21ClN5O-. The van der Waals surface area contributed by atoms with Gasteiger partial charge in [-0.2, -0.15) is 4.99 Å². The van der Waals surface area contributed by atoms with Gasteiger partial charge in [-0.15, -0.1) is 0 Å². The van der Waals surface area contributed by atoms with Crippen LogP contribution < -0.4 is 33.5 Å². The van der Waals surface area contributed by atoms with E-state index < -0.39 is 5.66 Å². The molecule has 0 atom stereocenters. The minimum atomic E-state index is -0.428. The van der Waals surface area contributed by atoms with Crippen molar-refractivity contribution >= 4 is 17.6 Å². The molecule has 1 aliphatic heterocycles. The number of benzene rings is 1. The summed E-state index contributed by atoms with van der Waals surface area (Å²) >= 11 is 0. The van der Waals surface area contributed by atoms with Gasteiger partial charge in [0.2, 0.25) is 11.9 Å². The quantitative estimate of drug-likeness (QED) is 0.716. The summed E-state index contributed by atoms with van der Waals surface area (Å²) in [5.74, 6) is 1.41. The third kappa shape index (κ3) is 2.70. The Kier molecular flexibility index (Phi) is 4.81. The van der Waals surface area contributed by atoms with E-state index in [4.69, 9.17) is 16.2 Å². The second-order valence-corrected chi connectivity index (χ2v) is 5.49. The molecule has 2 aliphatic rings. The average molecular weight is 323 g/mol. The lowest BCUT2D eigenvalue weighted by molar-refractivity contribution is -0.00000531. The minimum absolute atomic E-state index is 0. The molecule has 1 saturated carbocycles. The normalized spacial score (nSPS) is 20.0. The van der Waals surface area contributed by atoms with Crippen molar-refractivity contribution in [3.05, 3.63) is 24.3 Å². The molecule has 7 heteroatoms. The molecule has 0 saturated heterocycles. The monoisotopic (exact) mass is 322 g/mol. The van der Waals surface area contributed by atoms with Gasteiger partial charge in [0.15, 0.2) is 0 Å². The van der Waals surface area contributed by atoms with Crippen LogP contribution in [0.4, 0.5) is 5.69 Å². The lowest BCUT2D eigenvalue weighted by Crippen LogP contribution is -3.00. The fraction of sp³-hybridized carbons (Fsp3) is 0.467. The first-order chi connectivity index (χ1) is 10.2. The van der Waals surface area contributed by atoms with Crippen LogP contribution in [0.1, 0.15) is 32.1 Å². The molecule has 0 unspecified atom stereocenters. The number of aliphatic imine (C=N–C) groups is 2. The summed E-state index contributed by atoms with van der Waals surface area (Å²) in [5.41, 5.74) is 12.5. The molecule has 1 spiro atoms. The van der Waals surface area contributed by atoms with Gasteiger partial charge >= 0.3 is 0 Å². The van der Waals surface area contributed by atoms with Crippen molar-refractivity contribution in [1.29, 1.82) is 0 Å². The summed E-state index contributed by atoms with van der Waals surface area (Å²) in [5, 5.41) is 0. The standard InChI is InChI=1S/C15H21N5O.ClH/c1-21-12-8-4-3-7-11(12)20-14(17)18-13(16)19-15(20)9-5-2-6-10-15;/h3-4,7-8H,2,5-6,9-10H2,1H3,(H4,16,17,18,19);1H/p-1. The maximum absolute atomic E-state index is 6.19. The van der Waals surface area contributed by atoms with Crippen LogP contribution in [0.25, 0.3) is 0 Å². The van der Waals surface area contributed by atoms with Gasteiger partial charge in [0.25, 0.3) is 0 Å². The first kappa shape index (κ1) is 16.4. The number of rotatable bonds is 2. The van der Waals surface area contributed by atoms with Crippen LogP contribution in [0.3, 0.4) is 0 Å². The maximum atomic E-state index is 6.19. The molecule has 4 N–H and O–H groups in total. The Balaban J connectivity index is 0.00000176. The largest absolute Gasteiger partial charge is 1.00 e. The number of hydrogen-bond acceptors (Lipinski definition) is 6. The number of para-hydroxylation sites is 2. The van der Waals surface area contributed by atoms with E-state index in [0.29, 0.717) is 5.96 Å². The summed E-state index contributed by atoms with van der Waals surface area (Å²) in [6, 6.07) is 7.80. The van der Waals surface area contributed by atoms with E-state index in [1.165, 1.54) is 6.42 Å². The topological polar surface area (TPSA) is 89.2 Å². The minimum Gasteiger partial charge on any atom is -1.00 e. The molecule has 120 valence electrons. The van der Waals surface area contributed by atoms with Crippen LogP contribution in [0.5, 0.6) is 5.75 Å². The van der Waals surface area contributed by atoms with E-state index in [1.54, 1.807) is 7.11 Å². The number of anilines is 1. The summed E-state index contributed by atoms with van der Waals surface area (Å²) in [4.78, 5) is 10.8. The first-order valence-corrected chi connectivity index (χ1v) is 7.29. The second-order valence-electron chi connectivity index (χ2n) is 5.49. The van der Waals surface area contributed by atoms with E-state index in [2.05, 4.69) is 9.98 Å². The van der Waals surface area contributed by atoms with Gasteiger partial charge in [-0.1, -0.05) is 18.6 Å². The molecule has 1 fully saturated rings. The average Bonchev–Trinajstić information content (AvgIpc) is 2.47. The molecule has 6 nitrogen and oxygen atoms in total. The summed E-state index contributed by atoms with van der Waals surface area (Å²) in [7, 11) is 1.65. The highest BCUT2D eigenvalue weighted by Gasteiger charge is 2.43. The molecule has 0 aromatic heterocycles. The molecule has 0 amide bonds. The predicted octanol–water partition coefficient (Wildman–Crippen LogP) is -1.19. The fourth-order valence-electron chi connectivity index (χ4n) is 3.28. The summed E-state index contributed by atoms with van der Waals surface area (Å²) < 4.78 is 5.48. The fourth-order valence-corrected chi connectivity index (χ4v) is 3.28. The Hall–Kier alpha value is -1.95. The van der Waals surface area contributed by atoms with Crippen LogP contribution >= 0.6 is 0 Å². The first-order valence-electron chi connectivity index (χ1n) is 7.29. The van der Waals surface area contributed by atoms with Crippen LogP contribution in [-0.2, 0) is 0 Å². The number of nitrogens with zero attached hydrogens (tertiary/aromatic N) is 3. The molecule has 1 aromatic rings. The molecule has 1 aromatic carbocycles. The number of guanidine groups is 2. The number of nitrogens with two attached hydrogens (primary N) is 2. The molecule has 0 radical (unpaired) electrons. The van der Waals surface area contributed by atoms with E-state index >= 15 is 0 Å². The Morgan fingerprint density at radius 2 is 1.82 bits per heavy atom. The van der Waals surface area contributed by atoms with E-state index in [9.17, 15) is 0 Å². The molecule has 22 heavy (non-hydrogen) atoms. The van der Waals surface area contributed by atoms with Gasteiger partial charge in [-0.05, 0) is 37.8 Å². The molecule has 0 bridgehead atoms. The second kappa shape index (κ2) is 6.44. The zero-order valence-electron chi connectivity index (χ0n) is 12.6. The number of ether oxygens (including phenoxy) is 1. The highest BCUT2D eigenvalue weighted by atomic mass is 35.5. The number of halogens is 1. The van der Waals surface area contributed by atoms with Gasteiger partial charge in [0.1, 0.15) is 11.4 Å². The van der Waals surface area contributed by atoms with Gasteiger partial charge in [0.05, 0.1) is 12.8 Å². The Bertz CT molecular complexity index is 595. The summed E-state index contributed by atoms with van der Waals surface area (Å²) in [6.45, 7) is 0. The zero-order chi connectivity index (χ0) is 14.9. The van der Waals surface area contributed by atoms with Gasteiger partial charge < -0.3 is 28.6 Å². The maximum Gasteiger partial charge on any atom is 0.220 e. The molecule has 1 aliphatic carbocycles. The molecular weight excluding hydrogens is 302 g/mol. The Labute approximate surface area is 136 Å². The van der Waals surface area contributed by atoms with Crippen molar-refractivity contribution in [1.82, 2.24) is 0 Å². The van der Waals surface area contributed by atoms with Crippen LogP contribution in [0.15, 0.2) is 34.3 Å². The third-order valence-corrected chi connectivity index (χ3v) is 4.18. The van der Waals surface area contributed by atoms with Crippen molar-refractivity contribution in [2.45, 2.75) is 37.8 Å². The predicted molar refractivity (Wildman–Crippen MR) is 84.5 cm³/mol. The van der Waals surface area contributed by atoms with Gasteiger partial charge in [0, 0.05) is 0 Å². The van der Waals surface area contributed by atoms with Crippen molar-refractivity contribution in [2.75, 3.05) is 12.0 Å². The van der Waals surface area contributed by atoms with E-state index in [-0.39, 0.29) is 18.4 Å².